The van der Waals surface area contributed by atoms with E-state index in [1.54, 1.807) is 12.1 Å². The summed E-state index contributed by atoms with van der Waals surface area (Å²) >= 11 is 5.78. The molecule has 0 saturated heterocycles. The van der Waals surface area contributed by atoms with E-state index < -0.39 is 6.10 Å². The lowest BCUT2D eigenvalue weighted by molar-refractivity contribution is 0.151. The fourth-order valence-electron chi connectivity index (χ4n) is 1.54. The van der Waals surface area contributed by atoms with E-state index in [1.807, 2.05) is 26.0 Å². The molecule has 17 heavy (non-hydrogen) atoms. The molecular formula is C13H20ClNO2. The van der Waals surface area contributed by atoms with Crippen molar-refractivity contribution in [3.8, 4) is 0 Å². The molecule has 1 atom stereocenters. The van der Waals surface area contributed by atoms with Crippen molar-refractivity contribution in [1.82, 2.24) is 5.32 Å². The number of nitrogens with one attached hydrogen (secondary N) is 1. The van der Waals surface area contributed by atoms with Gasteiger partial charge in [-0.05, 0) is 38.0 Å². The molecule has 96 valence electrons. The number of halogens is 1. The summed E-state index contributed by atoms with van der Waals surface area (Å²) in [5.74, 6) is 0. The third-order valence-corrected chi connectivity index (χ3v) is 3.02. The zero-order chi connectivity index (χ0) is 12.9. The molecule has 1 rings (SSSR count). The first-order valence-electron chi connectivity index (χ1n) is 5.74. The lowest BCUT2D eigenvalue weighted by Gasteiger charge is -2.27. The van der Waals surface area contributed by atoms with E-state index >= 15 is 0 Å². The largest absolute Gasteiger partial charge is 0.396 e. The summed E-state index contributed by atoms with van der Waals surface area (Å²) in [4.78, 5) is 0. The van der Waals surface area contributed by atoms with Crippen LogP contribution in [0.15, 0.2) is 24.3 Å². The summed E-state index contributed by atoms with van der Waals surface area (Å²) < 4.78 is 0. The highest BCUT2D eigenvalue weighted by atomic mass is 35.5. The van der Waals surface area contributed by atoms with E-state index in [1.165, 1.54) is 0 Å². The van der Waals surface area contributed by atoms with Gasteiger partial charge in [-0.2, -0.15) is 0 Å². The van der Waals surface area contributed by atoms with Crippen LogP contribution in [-0.4, -0.2) is 28.9 Å². The molecule has 0 amide bonds. The summed E-state index contributed by atoms with van der Waals surface area (Å²) in [5, 5.41) is 22.8. The molecule has 0 saturated carbocycles. The molecule has 0 radical (unpaired) electrons. The third kappa shape index (κ3) is 5.04. The molecule has 0 fully saturated rings. The standard InChI is InChI=1S/C13H20ClNO2/c1-13(2,7-8-16)15-9-12(17)10-3-5-11(14)6-4-10/h3-6,12,15-17H,7-9H2,1-2H3. The van der Waals surface area contributed by atoms with Gasteiger partial charge in [-0.3, -0.25) is 0 Å². The molecule has 0 heterocycles. The van der Waals surface area contributed by atoms with Crippen LogP contribution in [0.4, 0.5) is 0 Å². The van der Waals surface area contributed by atoms with Gasteiger partial charge >= 0.3 is 0 Å². The highest BCUT2D eigenvalue weighted by molar-refractivity contribution is 6.30. The van der Waals surface area contributed by atoms with Crippen LogP contribution in [-0.2, 0) is 0 Å². The minimum atomic E-state index is -0.565. The topological polar surface area (TPSA) is 52.5 Å². The second-order valence-corrected chi connectivity index (χ2v) is 5.24. The van der Waals surface area contributed by atoms with E-state index in [-0.39, 0.29) is 12.1 Å². The van der Waals surface area contributed by atoms with Crippen LogP contribution < -0.4 is 5.32 Å². The SMILES string of the molecule is CC(C)(CCO)NCC(O)c1ccc(Cl)cc1. The Morgan fingerprint density at radius 2 is 1.88 bits per heavy atom. The first kappa shape index (κ1) is 14.5. The fraction of sp³-hybridized carbons (Fsp3) is 0.538. The maximum atomic E-state index is 9.97. The third-order valence-electron chi connectivity index (χ3n) is 2.77. The average Bonchev–Trinajstić information content (AvgIpc) is 2.27. The van der Waals surface area contributed by atoms with Gasteiger partial charge in [0.1, 0.15) is 0 Å². The highest BCUT2D eigenvalue weighted by Crippen LogP contribution is 2.17. The number of hydrogen-bond donors (Lipinski definition) is 3. The molecule has 0 aliphatic carbocycles. The van der Waals surface area contributed by atoms with Gasteiger partial charge in [0.25, 0.3) is 0 Å². The summed E-state index contributed by atoms with van der Waals surface area (Å²) in [5.41, 5.74) is 0.656. The van der Waals surface area contributed by atoms with Crippen LogP contribution in [0.5, 0.6) is 0 Å². The van der Waals surface area contributed by atoms with Gasteiger partial charge in [-0.15, -0.1) is 0 Å². The van der Waals surface area contributed by atoms with Gasteiger partial charge in [0.15, 0.2) is 0 Å². The zero-order valence-electron chi connectivity index (χ0n) is 10.3. The van der Waals surface area contributed by atoms with Crippen molar-refractivity contribution in [3.05, 3.63) is 34.9 Å². The lowest BCUT2D eigenvalue weighted by atomic mass is 10.0. The van der Waals surface area contributed by atoms with E-state index in [4.69, 9.17) is 16.7 Å². The molecule has 1 aromatic rings. The average molecular weight is 258 g/mol. The van der Waals surface area contributed by atoms with Crippen molar-refractivity contribution in [3.63, 3.8) is 0 Å². The first-order chi connectivity index (χ1) is 7.94. The number of hydrogen-bond acceptors (Lipinski definition) is 3. The molecule has 3 N–H and O–H groups in total. The van der Waals surface area contributed by atoms with Crippen molar-refractivity contribution in [2.45, 2.75) is 31.9 Å². The predicted molar refractivity (Wildman–Crippen MR) is 70.2 cm³/mol. The minimum Gasteiger partial charge on any atom is -0.396 e. The number of β-amino-alcohol motifs (C(OH)–C–C–N with tert-alkyl or cyclic N) is 1. The highest BCUT2D eigenvalue weighted by Gasteiger charge is 2.18. The maximum absolute atomic E-state index is 9.97. The monoisotopic (exact) mass is 257 g/mol. The predicted octanol–water partition coefficient (Wildman–Crippen LogP) is 2.12. The van der Waals surface area contributed by atoms with Crippen LogP contribution in [0, 0.1) is 0 Å². The summed E-state index contributed by atoms with van der Waals surface area (Å²) in [7, 11) is 0. The molecule has 4 heteroatoms. The van der Waals surface area contributed by atoms with Gasteiger partial charge in [0.2, 0.25) is 0 Å². The molecule has 1 aromatic carbocycles. The number of benzene rings is 1. The zero-order valence-corrected chi connectivity index (χ0v) is 11.0. The van der Waals surface area contributed by atoms with Gasteiger partial charge in [0, 0.05) is 23.7 Å². The summed E-state index contributed by atoms with van der Waals surface area (Å²) in [6, 6.07) is 7.15. The normalized spacial score (nSPS) is 13.7. The Labute approximate surface area is 107 Å². The molecule has 0 bridgehead atoms. The van der Waals surface area contributed by atoms with Crippen molar-refractivity contribution in [2.75, 3.05) is 13.2 Å². The van der Waals surface area contributed by atoms with Crippen molar-refractivity contribution in [2.24, 2.45) is 0 Å². The maximum Gasteiger partial charge on any atom is 0.0914 e. The number of aliphatic hydroxyl groups is 2. The van der Waals surface area contributed by atoms with Crippen LogP contribution in [0.3, 0.4) is 0 Å². The van der Waals surface area contributed by atoms with Crippen LogP contribution >= 0.6 is 11.6 Å². The van der Waals surface area contributed by atoms with Crippen molar-refractivity contribution >= 4 is 11.6 Å². The van der Waals surface area contributed by atoms with Gasteiger partial charge in [0.05, 0.1) is 6.10 Å². The number of rotatable bonds is 6. The first-order valence-corrected chi connectivity index (χ1v) is 6.12. The number of aliphatic hydroxyl groups excluding tert-OH is 2. The Morgan fingerprint density at radius 3 is 2.41 bits per heavy atom. The quantitative estimate of drug-likeness (QED) is 0.732. The summed E-state index contributed by atoms with van der Waals surface area (Å²) in [6.07, 6.45) is 0.0885. The molecule has 0 aliphatic heterocycles. The molecule has 0 aromatic heterocycles. The van der Waals surface area contributed by atoms with E-state index in [9.17, 15) is 5.11 Å². The van der Waals surface area contributed by atoms with E-state index in [2.05, 4.69) is 5.32 Å². The van der Waals surface area contributed by atoms with E-state index in [0.29, 0.717) is 18.0 Å². The van der Waals surface area contributed by atoms with E-state index in [0.717, 1.165) is 5.56 Å². The van der Waals surface area contributed by atoms with Gasteiger partial charge < -0.3 is 15.5 Å². The minimum absolute atomic E-state index is 0.136. The van der Waals surface area contributed by atoms with Crippen LogP contribution in [0.1, 0.15) is 31.9 Å². The smallest absolute Gasteiger partial charge is 0.0914 e. The molecule has 0 aliphatic rings. The Bertz CT molecular complexity index is 338. The van der Waals surface area contributed by atoms with Gasteiger partial charge in [-0.1, -0.05) is 23.7 Å². The van der Waals surface area contributed by atoms with Crippen LogP contribution in [0.2, 0.25) is 5.02 Å². The summed E-state index contributed by atoms with van der Waals surface area (Å²) in [6.45, 7) is 4.58. The lowest BCUT2D eigenvalue weighted by Crippen LogP contribution is -2.42. The Hall–Kier alpha value is -0.610. The van der Waals surface area contributed by atoms with Gasteiger partial charge in [-0.25, -0.2) is 0 Å². The molecular weight excluding hydrogens is 238 g/mol. The van der Waals surface area contributed by atoms with Crippen molar-refractivity contribution in [1.29, 1.82) is 0 Å². The molecule has 3 nitrogen and oxygen atoms in total. The van der Waals surface area contributed by atoms with Crippen molar-refractivity contribution < 1.29 is 10.2 Å². The molecule has 0 spiro atoms. The Balaban J connectivity index is 2.49. The Morgan fingerprint density at radius 1 is 1.29 bits per heavy atom. The second-order valence-electron chi connectivity index (χ2n) is 4.81. The Kier molecular flexibility index (Phi) is 5.40. The molecule has 1 unspecified atom stereocenters. The second kappa shape index (κ2) is 6.36. The van der Waals surface area contributed by atoms with Crippen LogP contribution in [0.25, 0.3) is 0 Å². The fourth-order valence-corrected chi connectivity index (χ4v) is 1.67.